The largest absolute Gasteiger partial charge is 0.309 e. The molecule has 2 aromatic heterocycles. The highest BCUT2D eigenvalue weighted by atomic mass is 15.0. The van der Waals surface area contributed by atoms with Crippen LogP contribution >= 0.6 is 0 Å². The van der Waals surface area contributed by atoms with Gasteiger partial charge in [0.2, 0.25) is 0 Å². The molecule has 0 saturated carbocycles. The van der Waals surface area contributed by atoms with E-state index in [1.165, 1.54) is 44.1 Å². The van der Waals surface area contributed by atoms with Crippen molar-refractivity contribution in [1.82, 2.24) is 9.55 Å². The fourth-order valence-corrected chi connectivity index (χ4v) is 6.97. The Hall–Kier alpha value is -6.51. The summed E-state index contributed by atoms with van der Waals surface area (Å²) in [5.74, 6) is 0. The fraction of sp³-hybridized carbons (Fsp3) is 0. The van der Waals surface area contributed by atoms with Crippen molar-refractivity contribution in [2.45, 2.75) is 0 Å². The number of hydrogen-bond acceptors (Lipinski definition) is 1. The van der Waals surface area contributed by atoms with Crippen molar-refractivity contribution in [3.05, 3.63) is 194 Å². The third-order valence-corrected chi connectivity index (χ3v) is 9.40. The van der Waals surface area contributed by atoms with Crippen LogP contribution < -0.4 is 0 Å². The monoisotopic (exact) mass is 624 g/mol. The lowest BCUT2D eigenvalue weighted by Crippen LogP contribution is -1.94. The second kappa shape index (κ2) is 12.3. The van der Waals surface area contributed by atoms with Crippen molar-refractivity contribution in [1.29, 1.82) is 0 Å². The number of rotatable bonds is 6. The highest BCUT2D eigenvalue weighted by Gasteiger charge is 2.13. The van der Waals surface area contributed by atoms with Crippen molar-refractivity contribution in [2.75, 3.05) is 0 Å². The first-order valence-electron chi connectivity index (χ1n) is 16.7. The third kappa shape index (κ3) is 5.40. The maximum absolute atomic E-state index is 5.15. The summed E-state index contributed by atoms with van der Waals surface area (Å²) < 4.78 is 2.37. The zero-order chi connectivity index (χ0) is 32.6. The highest BCUT2D eigenvalue weighted by Crippen LogP contribution is 2.35. The van der Waals surface area contributed by atoms with Gasteiger partial charge in [-0.05, 0) is 75.8 Å². The third-order valence-electron chi connectivity index (χ3n) is 9.40. The van der Waals surface area contributed by atoms with E-state index in [4.69, 9.17) is 4.98 Å². The van der Waals surface area contributed by atoms with Crippen molar-refractivity contribution in [2.24, 2.45) is 0 Å². The van der Waals surface area contributed by atoms with Gasteiger partial charge in [0.05, 0.1) is 22.4 Å². The number of nitrogens with zero attached hydrogens (tertiary/aromatic N) is 2. The van der Waals surface area contributed by atoms with Gasteiger partial charge in [-0.25, -0.2) is 4.98 Å². The predicted octanol–water partition coefficient (Wildman–Crippen LogP) is 12.5. The van der Waals surface area contributed by atoms with E-state index in [1.807, 2.05) is 6.07 Å². The van der Waals surface area contributed by atoms with Gasteiger partial charge in [-0.1, -0.05) is 152 Å². The van der Waals surface area contributed by atoms with Crippen molar-refractivity contribution in [3.8, 4) is 61.6 Å². The van der Waals surface area contributed by atoms with Gasteiger partial charge in [0.15, 0.2) is 0 Å². The van der Waals surface area contributed by atoms with Crippen LogP contribution in [0.25, 0.3) is 83.4 Å². The molecule has 0 unspecified atom stereocenters. The first kappa shape index (κ1) is 28.7. The van der Waals surface area contributed by atoms with Gasteiger partial charge in [-0.15, -0.1) is 0 Å². The lowest BCUT2D eigenvalue weighted by Gasteiger charge is -2.12. The molecule has 0 N–H and O–H groups in total. The van der Waals surface area contributed by atoms with E-state index < -0.39 is 0 Å². The lowest BCUT2D eigenvalue weighted by atomic mass is 9.96. The van der Waals surface area contributed by atoms with Crippen LogP contribution in [0.4, 0.5) is 0 Å². The number of fused-ring (bicyclic) bond motifs is 3. The Morgan fingerprint density at radius 1 is 0.286 bits per heavy atom. The number of aromatic nitrogens is 2. The zero-order valence-corrected chi connectivity index (χ0v) is 26.9. The van der Waals surface area contributed by atoms with Crippen molar-refractivity contribution >= 4 is 21.8 Å². The molecule has 0 spiro atoms. The summed E-state index contributed by atoms with van der Waals surface area (Å²) in [6.45, 7) is 0. The molecule has 0 aliphatic rings. The van der Waals surface area contributed by atoms with E-state index in [-0.39, 0.29) is 0 Å². The van der Waals surface area contributed by atoms with Crippen LogP contribution in [0, 0.1) is 0 Å². The second-order valence-corrected chi connectivity index (χ2v) is 12.4. The molecular weight excluding hydrogens is 593 g/mol. The molecule has 0 fully saturated rings. The van der Waals surface area contributed by atoms with Gasteiger partial charge in [0, 0.05) is 27.6 Å². The van der Waals surface area contributed by atoms with Gasteiger partial charge in [-0.2, -0.15) is 0 Å². The molecule has 230 valence electrons. The van der Waals surface area contributed by atoms with Crippen LogP contribution in [0.5, 0.6) is 0 Å². The molecule has 0 bridgehead atoms. The van der Waals surface area contributed by atoms with Crippen LogP contribution in [0.1, 0.15) is 0 Å². The Morgan fingerprint density at radius 3 is 1.37 bits per heavy atom. The minimum absolute atomic E-state index is 0.959. The van der Waals surface area contributed by atoms with Gasteiger partial charge >= 0.3 is 0 Å². The van der Waals surface area contributed by atoms with Crippen LogP contribution in [-0.4, -0.2) is 9.55 Å². The average molecular weight is 625 g/mol. The number of pyridine rings is 1. The lowest BCUT2D eigenvalue weighted by molar-refractivity contribution is 1.18. The van der Waals surface area contributed by atoms with E-state index in [0.717, 1.165) is 39.3 Å². The van der Waals surface area contributed by atoms with Crippen LogP contribution in [0.2, 0.25) is 0 Å². The van der Waals surface area contributed by atoms with Crippen molar-refractivity contribution < 1.29 is 0 Å². The fourth-order valence-electron chi connectivity index (χ4n) is 6.97. The number of hydrogen-bond donors (Lipinski definition) is 0. The second-order valence-electron chi connectivity index (χ2n) is 12.4. The van der Waals surface area contributed by atoms with E-state index in [9.17, 15) is 0 Å². The van der Waals surface area contributed by atoms with Gasteiger partial charge in [0.25, 0.3) is 0 Å². The Balaban J connectivity index is 1.06. The summed E-state index contributed by atoms with van der Waals surface area (Å²) in [7, 11) is 0. The zero-order valence-electron chi connectivity index (χ0n) is 26.9. The Kier molecular flexibility index (Phi) is 7.18. The molecule has 0 radical (unpaired) electrons. The molecule has 7 aromatic carbocycles. The summed E-state index contributed by atoms with van der Waals surface area (Å²) in [5, 5.41) is 2.54. The molecule has 9 aromatic rings. The first-order valence-corrected chi connectivity index (χ1v) is 16.7. The predicted molar refractivity (Wildman–Crippen MR) is 206 cm³/mol. The molecule has 0 aliphatic carbocycles. The summed E-state index contributed by atoms with van der Waals surface area (Å²) in [6.07, 6.45) is 0. The molecule has 49 heavy (non-hydrogen) atoms. The maximum atomic E-state index is 5.15. The Labute approximate surface area is 286 Å². The Morgan fingerprint density at radius 2 is 0.735 bits per heavy atom. The van der Waals surface area contributed by atoms with E-state index in [1.54, 1.807) is 0 Å². The summed E-state index contributed by atoms with van der Waals surface area (Å²) in [4.78, 5) is 5.15. The van der Waals surface area contributed by atoms with Crippen LogP contribution in [-0.2, 0) is 0 Å². The SMILES string of the molecule is c1ccc(-c2cc(-c3ccccc3)nc(-c3cccc(-c4ccc(-c5cccc(-n6c7ccccc7c7ccccc76)c5)cc4)c3)c2)cc1. The summed E-state index contributed by atoms with van der Waals surface area (Å²) >= 11 is 0. The van der Waals surface area contributed by atoms with Crippen LogP contribution in [0.15, 0.2) is 194 Å². The highest BCUT2D eigenvalue weighted by molar-refractivity contribution is 6.09. The summed E-state index contributed by atoms with van der Waals surface area (Å²) in [6, 6.07) is 69.2. The Bertz CT molecular complexity index is 2470. The van der Waals surface area contributed by atoms with Crippen molar-refractivity contribution in [3.63, 3.8) is 0 Å². The molecule has 0 aliphatic heterocycles. The molecule has 2 heteroatoms. The molecule has 0 atom stereocenters. The molecular formula is C47H32N2. The average Bonchev–Trinajstić information content (AvgIpc) is 3.53. The summed E-state index contributed by atoms with van der Waals surface area (Å²) in [5.41, 5.74) is 14.8. The molecule has 0 amide bonds. The standard InChI is InChI=1S/C47H32N2/c1-3-13-33(14-4-1)40-31-44(36-15-5-2-6-16-36)48-45(32-40)39-19-11-17-37(29-39)34-25-27-35(28-26-34)38-18-12-20-41(30-38)49-46-23-9-7-21-42(46)43-22-8-10-24-47(43)49/h1-32H. The number of para-hydroxylation sites is 2. The maximum Gasteiger partial charge on any atom is 0.0715 e. The molecule has 0 saturated heterocycles. The smallest absolute Gasteiger partial charge is 0.0715 e. The first-order chi connectivity index (χ1) is 24.3. The van der Waals surface area contributed by atoms with E-state index in [2.05, 4.69) is 193 Å². The van der Waals surface area contributed by atoms with Gasteiger partial charge in [-0.3, -0.25) is 0 Å². The van der Waals surface area contributed by atoms with Gasteiger partial charge in [0.1, 0.15) is 0 Å². The molecule has 2 nitrogen and oxygen atoms in total. The van der Waals surface area contributed by atoms with Gasteiger partial charge < -0.3 is 4.57 Å². The topological polar surface area (TPSA) is 17.8 Å². The van der Waals surface area contributed by atoms with E-state index >= 15 is 0 Å². The minimum atomic E-state index is 0.959. The van der Waals surface area contributed by atoms with E-state index in [0.29, 0.717) is 0 Å². The van der Waals surface area contributed by atoms with Crippen LogP contribution in [0.3, 0.4) is 0 Å². The molecule has 2 heterocycles. The normalized spacial score (nSPS) is 11.3. The number of benzene rings is 7. The molecule has 9 rings (SSSR count). The minimum Gasteiger partial charge on any atom is -0.309 e. The quantitative estimate of drug-likeness (QED) is 0.180.